The predicted octanol–water partition coefficient (Wildman–Crippen LogP) is 2.63. The van der Waals surface area contributed by atoms with E-state index in [0.29, 0.717) is 34.9 Å². The molecular formula is C19H21BrN2O5. The summed E-state index contributed by atoms with van der Waals surface area (Å²) < 4.78 is 16.5. The zero-order chi connectivity index (χ0) is 19.8. The number of hydrogen-bond donors (Lipinski definition) is 2. The molecule has 0 spiro atoms. The van der Waals surface area contributed by atoms with E-state index in [1.807, 2.05) is 6.07 Å². The molecule has 2 aromatic rings. The first-order valence-electron chi connectivity index (χ1n) is 8.12. The van der Waals surface area contributed by atoms with Crippen LogP contribution in [0.5, 0.6) is 17.2 Å². The van der Waals surface area contributed by atoms with Crippen molar-refractivity contribution in [1.29, 1.82) is 0 Å². The largest absolute Gasteiger partial charge is 0.493 e. The highest BCUT2D eigenvalue weighted by atomic mass is 79.9. The summed E-state index contributed by atoms with van der Waals surface area (Å²) >= 11 is 3.32. The highest BCUT2D eigenvalue weighted by molar-refractivity contribution is 9.10. The molecule has 2 N–H and O–H groups in total. The van der Waals surface area contributed by atoms with Crippen LogP contribution < -0.4 is 24.8 Å². The molecule has 0 unspecified atom stereocenters. The number of halogens is 1. The topological polar surface area (TPSA) is 85.9 Å². The van der Waals surface area contributed by atoms with Crippen LogP contribution in [-0.2, 0) is 0 Å². The van der Waals surface area contributed by atoms with Crippen molar-refractivity contribution in [2.75, 3.05) is 34.4 Å². The number of methoxy groups -OCH3 is 3. The van der Waals surface area contributed by atoms with Crippen molar-refractivity contribution < 1.29 is 23.8 Å². The average molecular weight is 437 g/mol. The van der Waals surface area contributed by atoms with Gasteiger partial charge < -0.3 is 24.8 Å². The van der Waals surface area contributed by atoms with E-state index < -0.39 is 0 Å². The monoisotopic (exact) mass is 436 g/mol. The van der Waals surface area contributed by atoms with Gasteiger partial charge in [0, 0.05) is 28.7 Å². The fraction of sp³-hybridized carbons (Fsp3) is 0.263. The molecule has 0 aromatic heterocycles. The number of nitrogens with one attached hydrogen (secondary N) is 2. The second-order valence-corrected chi connectivity index (χ2v) is 6.35. The van der Waals surface area contributed by atoms with E-state index in [4.69, 9.17) is 14.2 Å². The number of ether oxygens (including phenoxy) is 3. The molecule has 144 valence electrons. The number of carbonyl (C=O) groups is 2. The molecule has 27 heavy (non-hydrogen) atoms. The number of carbonyl (C=O) groups excluding carboxylic acids is 2. The summed E-state index contributed by atoms with van der Waals surface area (Å²) in [6, 6.07) is 10.2. The van der Waals surface area contributed by atoms with Crippen molar-refractivity contribution in [3.05, 3.63) is 52.0 Å². The summed E-state index contributed by atoms with van der Waals surface area (Å²) in [7, 11) is 4.46. The molecule has 0 heterocycles. The van der Waals surface area contributed by atoms with Gasteiger partial charge in [0.2, 0.25) is 5.75 Å². The molecule has 0 atom stereocenters. The highest BCUT2D eigenvalue weighted by Crippen LogP contribution is 2.38. The molecule has 0 aliphatic carbocycles. The Morgan fingerprint density at radius 3 is 1.89 bits per heavy atom. The molecule has 2 amide bonds. The van der Waals surface area contributed by atoms with Crippen LogP contribution >= 0.6 is 15.9 Å². The second-order valence-electron chi connectivity index (χ2n) is 5.44. The Morgan fingerprint density at radius 1 is 0.852 bits per heavy atom. The third kappa shape index (κ3) is 5.37. The summed E-state index contributed by atoms with van der Waals surface area (Å²) in [4.78, 5) is 24.4. The molecule has 0 radical (unpaired) electrons. The summed E-state index contributed by atoms with van der Waals surface area (Å²) in [6.07, 6.45) is 0. The Labute approximate surface area is 166 Å². The third-order valence-corrected chi connectivity index (χ3v) is 4.20. The van der Waals surface area contributed by atoms with Crippen LogP contribution in [0.2, 0.25) is 0 Å². The van der Waals surface area contributed by atoms with Crippen LogP contribution in [0.15, 0.2) is 40.9 Å². The van der Waals surface area contributed by atoms with Gasteiger partial charge in [-0.05, 0) is 30.3 Å². The lowest BCUT2D eigenvalue weighted by Gasteiger charge is -2.14. The Balaban J connectivity index is 1.93. The van der Waals surface area contributed by atoms with E-state index in [2.05, 4.69) is 26.6 Å². The van der Waals surface area contributed by atoms with E-state index in [1.165, 1.54) is 21.3 Å². The van der Waals surface area contributed by atoms with Gasteiger partial charge in [-0.3, -0.25) is 9.59 Å². The van der Waals surface area contributed by atoms with Crippen LogP contribution in [0.1, 0.15) is 20.7 Å². The first-order valence-corrected chi connectivity index (χ1v) is 8.91. The summed E-state index contributed by atoms with van der Waals surface area (Å²) in [6.45, 7) is 0.566. The normalized spacial score (nSPS) is 10.1. The molecule has 2 rings (SSSR count). The van der Waals surface area contributed by atoms with Crippen molar-refractivity contribution in [3.8, 4) is 17.2 Å². The van der Waals surface area contributed by atoms with Crippen molar-refractivity contribution in [2.45, 2.75) is 0 Å². The lowest BCUT2D eigenvalue weighted by Crippen LogP contribution is -2.34. The number of rotatable bonds is 8. The summed E-state index contributed by atoms with van der Waals surface area (Å²) in [5, 5.41) is 5.49. The Bertz CT molecular complexity index is 800. The van der Waals surface area contributed by atoms with Gasteiger partial charge in [-0.25, -0.2) is 0 Å². The Hall–Kier alpha value is -2.74. The van der Waals surface area contributed by atoms with Gasteiger partial charge in [0.25, 0.3) is 11.8 Å². The minimum absolute atomic E-state index is 0.210. The Kier molecular flexibility index (Phi) is 7.48. The number of hydrogen-bond acceptors (Lipinski definition) is 5. The van der Waals surface area contributed by atoms with Crippen molar-refractivity contribution >= 4 is 27.7 Å². The van der Waals surface area contributed by atoms with Crippen LogP contribution in [0, 0.1) is 0 Å². The van der Waals surface area contributed by atoms with Crippen LogP contribution in [0.3, 0.4) is 0 Å². The van der Waals surface area contributed by atoms with Crippen molar-refractivity contribution in [3.63, 3.8) is 0 Å². The molecule has 2 aromatic carbocycles. The molecule has 0 aliphatic rings. The molecule has 0 saturated heterocycles. The number of amides is 2. The fourth-order valence-corrected chi connectivity index (χ4v) is 2.80. The fourth-order valence-electron chi connectivity index (χ4n) is 2.40. The molecule has 0 aliphatic heterocycles. The lowest BCUT2D eigenvalue weighted by molar-refractivity contribution is 0.0927. The molecule has 0 saturated carbocycles. The standard InChI is InChI=1S/C19H21BrN2O5/c1-25-15-10-13(11-16(26-2)17(15)27-3)19(24)22-8-7-21-18(23)12-5-4-6-14(20)9-12/h4-6,9-11H,7-8H2,1-3H3,(H,21,23)(H,22,24). The van der Waals surface area contributed by atoms with Crippen LogP contribution in [0.25, 0.3) is 0 Å². The van der Waals surface area contributed by atoms with Gasteiger partial charge in [0.05, 0.1) is 21.3 Å². The maximum Gasteiger partial charge on any atom is 0.251 e. The van der Waals surface area contributed by atoms with Crippen LogP contribution in [-0.4, -0.2) is 46.2 Å². The molecule has 0 bridgehead atoms. The van der Waals surface area contributed by atoms with E-state index in [0.717, 1.165) is 4.47 Å². The minimum Gasteiger partial charge on any atom is -0.493 e. The second kappa shape index (κ2) is 9.82. The predicted molar refractivity (Wildman–Crippen MR) is 105 cm³/mol. The van der Waals surface area contributed by atoms with Crippen molar-refractivity contribution in [1.82, 2.24) is 10.6 Å². The number of benzene rings is 2. The van der Waals surface area contributed by atoms with E-state index in [1.54, 1.807) is 30.3 Å². The summed E-state index contributed by atoms with van der Waals surface area (Å²) in [5.41, 5.74) is 0.906. The van der Waals surface area contributed by atoms with Gasteiger partial charge in [-0.2, -0.15) is 0 Å². The van der Waals surface area contributed by atoms with E-state index in [9.17, 15) is 9.59 Å². The van der Waals surface area contributed by atoms with E-state index in [-0.39, 0.29) is 18.4 Å². The average Bonchev–Trinajstić information content (AvgIpc) is 2.69. The molecule has 8 heteroatoms. The zero-order valence-corrected chi connectivity index (χ0v) is 16.9. The molecular weight excluding hydrogens is 416 g/mol. The quantitative estimate of drug-likeness (QED) is 0.621. The Morgan fingerprint density at radius 2 is 1.41 bits per heavy atom. The maximum absolute atomic E-state index is 12.4. The first kappa shape index (κ1) is 20.6. The maximum atomic E-state index is 12.4. The zero-order valence-electron chi connectivity index (χ0n) is 15.3. The van der Waals surface area contributed by atoms with Gasteiger partial charge >= 0.3 is 0 Å². The van der Waals surface area contributed by atoms with E-state index >= 15 is 0 Å². The smallest absolute Gasteiger partial charge is 0.251 e. The SMILES string of the molecule is COc1cc(C(=O)NCCNC(=O)c2cccc(Br)c2)cc(OC)c1OC. The van der Waals surface area contributed by atoms with Crippen LogP contribution in [0.4, 0.5) is 0 Å². The lowest BCUT2D eigenvalue weighted by atomic mass is 10.1. The molecule has 7 nitrogen and oxygen atoms in total. The van der Waals surface area contributed by atoms with Gasteiger partial charge in [0.15, 0.2) is 11.5 Å². The minimum atomic E-state index is -0.314. The van der Waals surface area contributed by atoms with Gasteiger partial charge in [-0.1, -0.05) is 22.0 Å². The first-order chi connectivity index (χ1) is 13.0. The molecule has 0 fully saturated rings. The van der Waals surface area contributed by atoms with Gasteiger partial charge in [-0.15, -0.1) is 0 Å². The van der Waals surface area contributed by atoms with Crippen molar-refractivity contribution in [2.24, 2.45) is 0 Å². The highest BCUT2D eigenvalue weighted by Gasteiger charge is 2.16. The summed E-state index contributed by atoms with van der Waals surface area (Å²) in [5.74, 6) is 0.678. The van der Waals surface area contributed by atoms with Gasteiger partial charge in [0.1, 0.15) is 0 Å². The third-order valence-electron chi connectivity index (χ3n) is 3.71.